The molecular formula is C22H37IN4O. The normalized spacial score (nSPS) is 21.4. The molecule has 28 heavy (non-hydrogen) atoms. The Morgan fingerprint density at radius 2 is 1.96 bits per heavy atom. The van der Waals surface area contributed by atoms with Gasteiger partial charge < -0.3 is 20.3 Å². The zero-order chi connectivity index (χ0) is 19.0. The summed E-state index contributed by atoms with van der Waals surface area (Å²) in [5.74, 6) is 1.61. The lowest BCUT2D eigenvalue weighted by Crippen LogP contribution is -2.45. The number of aliphatic imine (C=N–C) groups is 1. The van der Waals surface area contributed by atoms with Gasteiger partial charge >= 0.3 is 0 Å². The van der Waals surface area contributed by atoms with Gasteiger partial charge in [0.05, 0.1) is 0 Å². The molecule has 2 N–H and O–H groups in total. The first-order valence-electron chi connectivity index (χ1n) is 10.5. The molecule has 158 valence electrons. The summed E-state index contributed by atoms with van der Waals surface area (Å²) in [7, 11) is 3.67. The van der Waals surface area contributed by atoms with Gasteiger partial charge in [-0.3, -0.25) is 4.99 Å². The van der Waals surface area contributed by atoms with Gasteiger partial charge in [-0.15, -0.1) is 24.0 Å². The minimum Gasteiger partial charge on any atom is -0.385 e. The molecule has 1 unspecified atom stereocenters. The highest BCUT2D eigenvalue weighted by molar-refractivity contribution is 14.0. The van der Waals surface area contributed by atoms with Gasteiger partial charge in [0.15, 0.2) is 5.96 Å². The fourth-order valence-corrected chi connectivity index (χ4v) is 4.56. The predicted octanol–water partition coefficient (Wildman–Crippen LogP) is 3.89. The highest BCUT2D eigenvalue weighted by atomic mass is 127. The van der Waals surface area contributed by atoms with Crippen LogP contribution in [0, 0.1) is 11.3 Å². The Morgan fingerprint density at radius 3 is 2.64 bits per heavy atom. The van der Waals surface area contributed by atoms with Crippen molar-refractivity contribution in [3.05, 3.63) is 30.3 Å². The van der Waals surface area contributed by atoms with Crippen LogP contribution in [-0.2, 0) is 4.74 Å². The second-order valence-electron chi connectivity index (χ2n) is 8.19. The molecule has 0 spiro atoms. The van der Waals surface area contributed by atoms with Gasteiger partial charge in [-0.1, -0.05) is 31.0 Å². The van der Waals surface area contributed by atoms with Gasteiger partial charge in [-0.05, 0) is 49.1 Å². The summed E-state index contributed by atoms with van der Waals surface area (Å²) >= 11 is 0. The molecule has 1 aromatic carbocycles. The van der Waals surface area contributed by atoms with Gasteiger partial charge in [0.25, 0.3) is 0 Å². The topological polar surface area (TPSA) is 48.9 Å². The fraction of sp³-hybridized carbons (Fsp3) is 0.682. The highest BCUT2D eigenvalue weighted by Crippen LogP contribution is 2.40. The van der Waals surface area contributed by atoms with E-state index in [9.17, 15) is 0 Å². The van der Waals surface area contributed by atoms with E-state index < -0.39 is 0 Å². The zero-order valence-electron chi connectivity index (χ0n) is 17.5. The highest BCUT2D eigenvalue weighted by Gasteiger charge is 2.33. The lowest BCUT2D eigenvalue weighted by Gasteiger charge is -2.30. The van der Waals surface area contributed by atoms with E-state index >= 15 is 0 Å². The third-order valence-corrected chi connectivity index (χ3v) is 6.32. The Balaban J connectivity index is 0.00000280. The predicted molar refractivity (Wildman–Crippen MR) is 129 cm³/mol. The molecule has 1 saturated heterocycles. The van der Waals surface area contributed by atoms with Gasteiger partial charge in [0.2, 0.25) is 0 Å². The van der Waals surface area contributed by atoms with Crippen LogP contribution < -0.4 is 15.5 Å². The number of anilines is 1. The smallest absolute Gasteiger partial charge is 0.191 e. The average Bonchev–Trinajstić information content (AvgIpc) is 3.37. The number of nitrogens with zero attached hydrogens (tertiary/aromatic N) is 2. The summed E-state index contributed by atoms with van der Waals surface area (Å²) < 4.78 is 5.35. The molecule has 1 aromatic rings. The fourth-order valence-electron chi connectivity index (χ4n) is 4.56. The maximum atomic E-state index is 5.35. The van der Waals surface area contributed by atoms with Crippen molar-refractivity contribution in [2.24, 2.45) is 16.3 Å². The first-order valence-corrected chi connectivity index (χ1v) is 10.5. The maximum absolute atomic E-state index is 5.35. The summed E-state index contributed by atoms with van der Waals surface area (Å²) in [6.45, 7) is 5.09. The van der Waals surface area contributed by atoms with Crippen molar-refractivity contribution in [2.75, 3.05) is 51.8 Å². The van der Waals surface area contributed by atoms with Crippen molar-refractivity contribution in [1.29, 1.82) is 0 Å². The van der Waals surface area contributed by atoms with E-state index in [2.05, 4.69) is 50.9 Å². The molecule has 1 saturated carbocycles. The van der Waals surface area contributed by atoms with Crippen molar-refractivity contribution in [1.82, 2.24) is 10.6 Å². The van der Waals surface area contributed by atoms with Gasteiger partial charge in [-0.2, -0.15) is 0 Å². The number of rotatable bonds is 8. The van der Waals surface area contributed by atoms with Crippen LogP contribution >= 0.6 is 24.0 Å². The van der Waals surface area contributed by atoms with Crippen LogP contribution in [0.4, 0.5) is 5.69 Å². The van der Waals surface area contributed by atoms with E-state index in [1.165, 1.54) is 37.8 Å². The Kier molecular flexibility index (Phi) is 9.85. The minimum absolute atomic E-state index is 0. The molecule has 2 aliphatic rings. The lowest BCUT2D eigenvalue weighted by molar-refractivity contribution is 0.138. The summed E-state index contributed by atoms with van der Waals surface area (Å²) in [5, 5.41) is 7.16. The molecule has 2 fully saturated rings. The van der Waals surface area contributed by atoms with E-state index in [1.54, 1.807) is 7.11 Å². The van der Waals surface area contributed by atoms with E-state index in [4.69, 9.17) is 4.74 Å². The quantitative estimate of drug-likeness (QED) is 0.323. The number of benzene rings is 1. The number of para-hydroxylation sites is 1. The van der Waals surface area contributed by atoms with E-state index in [1.807, 2.05) is 7.05 Å². The van der Waals surface area contributed by atoms with Crippen molar-refractivity contribution in [3.63, 3.8) is 0 Å². The summed E-state index contributed by atoms with van der Waals surface area (Å²) in [6.07, 6.45) is 7.66. The molecule has 0 radical (unpaired) electrons. The average molecular weight is 500 g/mol. The van der Waals surface area contributed by atoms with Crippen LogP contribution in [0.5, 0.6) is 0 Å². The van der Waals surface area contributed by atoms with Crippen LogP contribution in [0.2, 0.25) is 0 Å². The molecule has 1 heterocycles. The molecule has 6 heteroatoms. The molecular weight excluding hydrogens is 463 g/mol. The summed E-state index contributed by atoms with van der Waals surface area (Å²) in [6, 6.07) is 10.7. The molecule has 1 aliphatic heterocycles. The molecule has 1 aliphatic carbocycles. The third kappa shape index (κ3) is 6.51. The van der Waals surface area contributed by atoms with Crippen LogP contribution in [0.1, 0.15) is 38.5 Å². The number of nitrogens with one attached hydrogen (secondary N) is 2. The molecule has 0 bridgehead atoms. The van der Waals surface area contributed by atoms with Gasteiger partial charge in [-0.25, -0.2) is 0 Å². The van der Waals surface area contributed by atoms with E-state index in [-0.39, 0.29) is 24.0 Å². The molecule has 0 aromatic heterocycles. The van der Waals surface area contributed by atoms with Crippen molar-refractivity contribution < 1.29 is 4.74 Å². The lowest BCUT2D eigenvalue weighted by atomic mass is 9.83. The zero-order valence-corrected chi connectivity index (χ0v) is 19.8. The summed E-state index contributed by atoms with van der Waals surface area (Å²) in [4.78, 5) is 6.94. The number of hydrogen-bond donors (Lipinski definition) is 2. The Labute approximate surface area is 187 Å². The van der Waals surface area contributed by atoms with Gasteiger partial charge in [0, 0.05) is 52.6 Å². The van der Waals surface area contributed by atoms with Crippen LogP contribution in [0.25, 0.3) is 0 Å². The van der Waals surface area contributed by atoms with E-state index in [0.29, 0.717) is 11.3 Å². The Bertz CT molecular complexity index is 589. The number of methoxy groups -OCH3 is 1. The Morgan fingerprint density at radius 1 is 1.21 bits per heavy atom. The number of halogens is 1. The second kappa shape index (κ2) is 11.9. The van der Waals surface area contributed by atoms with Crippen molar-refractivity contribution >= 4 is 35.6 Å². The maximum Gasteiger partial charge on any atom is 0.191 e. The SMILES string of the molecule is CN=C(NCC1CCN(c2ccccc2)C1)NCC1(CCOC)CCCC1.I. The third-order valence-electron chi connectivity index (χ3n) is 6.32. The monoisotopic (exact) mass is 500 g/mol. The number of guanidine groups is 1. The van der Waals surface area contributed by atoms with Gasteiger partial charge in [0.1, 0.15) is 0 Å². The van der Waals surface area contributed by atoms with Crippen molar-refractivity contribution in [3.8, 4) is 0 Å². The Hall–Kier alpha value is -1.02. The molecule has 0 amide bonds. The first kappa shape index (κ1) is 23.3. The largest absolute Gasteiger partial charge is 0.385 e. The molecule has 5 nitrogen and oxygen atoms in total. The molecule has 1 atom stereocenters. The van der Waals surface area contributed by atoms with Crippen LogP contribution in [0.15, 0.2) is 35.3 Å². The van der Waals surface area contributed by atoms with Crippen LogP contribution in [0.3, 0.4) is 0 Å². The minimum atomic E-state index is 0. The number of ether oxygens (including phenoxy) is 1. The second-order valence-corrected chi connectivity index (χ2v) is 8.19. The van der Waals surface area contributed by atoms with Crippen molar-refractivity contribution in [2.45, 2.75) is 38.5 Å². The number of hydrogen-bond acceptors (Lipinski definition) is 3. The van der Waals surface area contributed by atoms with Crippen LogP contribution in [-0.4, -0.2) is 52.9 Å². The first-order chi connectivity index (χ1) is 13.2. The molecule has 3 rings (SSSR count). The van der Waals surface area contributed by atoms with E-state index in [0.717, 1.165) is 45.2 Å². The standard InChI is InChI=1S/C22H36N4O.HI/c1-23-21(25-18-22(13-15-27-2)11-6-7-12-22)24-16-19-10-14-26(17-19)20-8-4-3-5-9-20;/h3-5,8-9,19H,6-7,10-18H2,1-2H3,(H2,23,24,25);1H. The summed E-state index contributed by atoms with van der Waals surface area (Å²) in [5.41, 5.74) is 1.72.